The maximum Gasteiger partial charge on any atom is 0.462 e. The predicted octanol–water partition coefficient (Wildman–Crippen LogP) is 8.01. The quantitative estimate of drug-likeness (QED) is 0.0422. The van der Waals surface area contributed by atoms with E-state index in [-0.39, 0.29) is 42.1 Å². The smallest absolute Gasteiger partial charge is 0.462 e. The minimum atomic E-state index is -7.93. The van der Waals surface area contributed by atoms with Gasteiger partial charge in [0.2, 0.25) is 0 Å². The summed E-state index contributed by atoms with van der Waals surface area (Å²) in [5, 5.41) is 0. The van der Waals surface area contributed by atoms with Gasteiger partial charge >= 0.3 is 66.7 Å². The van der Waals surface area contributed by atoms with E-state index in [4.69, 9.17) is 18.9 Å². The lowest BCUT2D eigenvalue weighted by Crippen LogP contribution is -2.66. The minimum Gasteiger partial charge on any atom is -0.462 e. The molecule has 0 saturated heterocycles. The third-order valence-corrected chi connectivity index (χ3v) is 6.68. The predicted molar refractivity (Wildman–Crippen MR) is 154 cm³/mol. The van der Waals surface area contributed by atoms with E-state index in [9.17, 15) is 89.4 Å². The molecule has 0 amide bonds. The number of rotatable bonds is 20. The first-order valence-corrected chi connectivity index (χ1v) is 15.1. The second kappa shape index (κ2) is 18.3. The SMILES string of the molecule is COCCCOC(=O)c1cc(OC(F)(F)C(F)OC(F)(F)C(F)(OC(F)(F)C(F)(F)C(F)(F)F)C(F)(F)F)cc(C(=O)OCCOC(=O)c2ccc(C(C)=O)cc2)c1. The Kier molecular flexibility index (Phi) is 15.6. The van der Waals surface area contributed by atoms with Crippen LogP contribution in [-0.2, 0) is 28.4 Å². The Morgan fingerprint density at radius 3 is 1.47 bits per heavy atom. The lowest BCUT2D eigenvalue weighted by atomic mass is 10.1. The molecule has 0 radical (unpaired) electrons. The first-order chi connectivity index (χ1) is 26.3. The summed E-state index contributed by atoms with van der Waals surface area (Å²) in [4.78, 5) is 48.7. The van der Waals surface area contributed by atoms with Gasteiger partial charge in [0.05, 0.1) is 23.3 Å². The molecule has 11 nitrogen and oxygen atoms in total. The van der Waals surface area contributed by atoms with Crippen molar-refractivity contribution in [2.24, 2.45) is 0 Å². The Balaban J connectivity index is 2.36. The first-order valence-electron chi connectivity index (χ1n) is 15.1. The number of hydrogen-bond acceptors (Lipinski definition) is 11. The summed E-state index contributed by atoms with van der Waals surface area (Å²) in [5.74, 6) is -21.9. The number of Topliss-reactive ketones (excluding diaryl/α,β-unsaturated/α-hetero) is 1. The molecule has 2 unspecified atom stereocenters. The molecule has 2 atom stereocenters. The lowest BCUT2D eigenvalue weighted by Gasteiger charge is -2.38. The molecule has 0 heterocycles. The van der Waals surface area contributed by atoms with E-state index in [1.54, 1.807) is 0 Å². The lowest BCUT2D eigenvalue weighted by molar-refractivity contribution is -0.543. The van der Waals surface area contributed by atoms with E-state index >= 15 is 0 Å². The number of ketones is 1. The van der Waals surface area contributed by atoms with Gasteiger partial charge in [0, 0.05) is 25.7 Å². The number of carbonyl (C=O) groups is 4. The van der Waals surface area contributed by atoms with Gasteiger partial charge in [-0.05, 0) is 37.3 Å². The largest absolute Gasteiger partial charge is 0.462 e. The summed E-state index contributed by atoms with van der Waals surface area (Å²) in [7, 11) is 1.23. The van der Waals surface area contributed by atoms with Gasteiger partial charge in [-0.15, -0.1) is 0 Å². The Bertz CT molecular complexity index is 1770. The van der Waals surface area contributed by atoms with Gasteiger partial charge in [0.1, 0.15) is 19.0 Å². The molecular formula is C31H24F16O11. The molecular weight excluding hydrogens is 852 g/mol. The summed E-state index contributed by atoms with van der Waals surface area (Å²) < 4.78 is 243. The van der Waals surface area contributed by atoms with Crippen molar-refractivity contribution in [3.8, 4) is 5.75 Å². The summed E-state index contributed by atoms with van der Waals surface area (Å²) in [6, 6.07) is 5.74. The van der Waals surface area contributed by atoms with Crippen LogP contribution in [0.1, 0.15) is 54.8 Å². The van der Waals surface area contributed by atoms with Gasteiger partial charge in [-0.2, -0.15) is 65.9 Å². The highest BCUT2D eigenvalue weighted by Crippen LogP contribution is 2.55. The van der Waals surface area contributed by atoms with Crippen LogP contribution < -0.4 is 4.74 Å². The average Bonchev–Trinajstić information content (AvgIpc) is 3.09. The Morgan fingerprint density at radius 2 is 1.03 bits per heavy atom. The molecule has 0 spiro atoms. The standard InChI is InChI=1S/C31H24F16O11/c1-15(48)16-4-6-17(7-5-16)21(49)54-10-11-55-23(51)19-12-18(22(50)53-9-3-8-52-2)13-20(14-19)56-25(33,34)24(32)57-31(46,47)27(37,29(41,42)43)58-30(44,45)26(35,36)28(38,39)40/h4-7,12-14,24H,3,8-11H2,1-2H3. The molecule has 0 aliphatic rings. The van der Waals surface area contributed by atoms with E-state index in [1.165, 1.54) is 43.0 Å². The number of benzene rings is 2. The fourth-order valence-electron chi connectivity index (χ4n) is 3.79. The molecule has 0 fully saturated rings. The number of hydrogen-bond donors (Lipinski definition) is 0. The number of esters is 3. The first kappa shape index (κ1) is 49.2. The van der Waals surface area contributed by atoms with Crippen LogP contribution in [-0.4, -0.2) is 106 Å². The van der Waals surface area contributed by atoms with Crippen molar-refractivity contribution in [3.63, 3.8) is 0 Å². The second-order valence-electron chi connectivity index (χ2n) is 11.0. The van der Waals surface area contributed by atoms with Crippen molar-refractivity contribution in [1.82, 2.24) is 0 Å². The van der Waals surface area contributed by atoms with Gasteiger partial charge < -0.3 is 23.7 Å². The van der Waals surface area contributed by atoms with Crippen molar-refractivity contribution >= 4 is 23.7 Å². The molecule has 2 aromatic rings. The van der Waals surface area contributed by atoms with E-state index < -0.39 is 103 Å². The van der Waals surface area contributed by atoms with Crippen LogP contribution in [0.25, 0.3) is 0 Å². The minimum absolute atomic E-state index is 0.00242. The molecule has 2 rings (SSSR count). The average molecular weight is 876 g/mol. The molecule has 0 saturated carbocycles. The molecule has 2 aromatic carbocycles. The zero-order chi connectivity index (χ0) is 44.7. The molecule has 0 N–H and O–H groups in total. The van der Waals surface area contributed by atoms with Crippen molar-refractivity contribution in [1.29, 1.82) is 0 Å². The third kappa shape index (κ3) is 11.8. The summed E-state index contributed by atoms with van der Waals surface area (Å²) in [6.45, 7) is -0.783. The van der Waals surface area contributed by atoms with Crippen LogP contribution in [0, 0.1) is 0 Å². The summed E-state index contributed by atoms with van der Waals surface area (Å²) in [6.07, 6.45) is -42.8. The summed E-state index contributed by atoms with van der Waals surface area (Å²) in [5.41, 5.74) is -1.84. The van der Waals surface area contributed by atoms with Gasteiger partial charge in [-0.3, -0.25) is 14.3 Å². The van der Waals surface area contributed by atoms with Gasteiger partial charge in [0.25, 0.3) is 0 Å². The fourth-order valence-corrected chi connectivity index (χ4v) is 3.79. The van der Waals surface area contributed by atoms with Crippen molar-refractivity contribution < 1.29 is 123 Å². The topological polar surface area (TPSA) is 133 Å². The van der Waals surface area contributed by atoms with Crippen LogP contribution >= 0.6 is 0 Å². The third-order valence-electron chi connectivity index (χ3n) is 6.68. The normalized spacial score (nSPS) is 14.6. The zero-order valence-corrected chi connectivity index (χ0v) is 28.7. The van der Waals surface area contributed by atoms with Gasteiger partial charge in [-0.1, -0.05) is 12.1 Å². The van der Waals surface area contributed by atoms with E-state index in [0.717, 1.165) is 0 Å². The van der Waals surface area contributed by atoms with E-state index in [0.29, 0.717) is 6.07 Å². The highest BCUT2D eigenvalue weighted by atomic mass is 19.4. The van der Waals surface area contributed by atoms with Crippen LogP contribution in [0.15, 0.2) is 42.5 Å². The van der Waals surface area contributed by atoms with Gasteiger partial charge in [-0.25, -0.2) is 18.8 Å². The highest BCUT2D eigenvalue weighted by molar-refractivity contribution is 5.97. The van der Waals surface area contributed by atoms with Crippen molar-refractivity contribution in [2.45, 2.75) is 62.2 Å². The van der Waals surface area contributed by atoms with Crippen LogP contribution in [0.5, 0.6) is 5.75 Å². The maximum atomic E-state index is 14.7. The fraction of sp³-hybridized carbons (Fsp3) is 0.484. The van der Waals surface area contributed by atoms with Crippen molar-refractivity contribution in [3.05, 3.63) is 64.7 Å². The molecule has 27 heteroatoms. The number of ether oxygens (including phenoxy) is 7. The number of carbonyl (C=O) groups excluding carboxylic acids is 4. The highest BCUT2D eigenvalue weighted by Gasteiger charge is 2.84. The Labute approximate surface area is 313 Å². The van der Waals surface area contributed by atoms with Crippen molar-refractivity contribution in [2.75, 3.05) is 33.5 Å². The zero-order valence-electron chi connectivity index (χ0n) is 28.7. The van der Waals surface area contributed by atoms with Crippen LogP contribution in [0.2, 0.25) is 0 Å². The Morgan fingerprint density at radius 1 is 0.586 bits per heavy atom. The Hall–Kier alpha value is -4.92. The maximum absolute atomic E-state index is 14.7. The molecule has 0 aliphatic carbocycles. The van der Waals surface area contributed by atoms with E-state index in [2.05, 4.69) is 9.47 Å². The number of halogens is 16. The number of methoxy groups -OCH3 is 1. The molecule has 326 valence electrons. The van der Waals surface area contributed by atoms with E-state index in [1.807, 2.05) is 0 Å². The van der Waals surface area contributed by atoms with Crippen LogP contribution in [0.3, 0.4) is 0 Å². The van der Waals surface area contributed by atoms with Gasteiger partial charge in [0.15, 0.2) is 5.78 Å². The summed E-state index contributed by atoms with van der Waals surface area (Å²) >= 11 is 0. The molecule has 0 aromatic heterocycles. The molecule has 0 aliphatic heterocycles. The van der Waals surface area contributed by atoms with Crippen LogP contribution in [0.4, 0.5) is 70.2 Å². The molecule has 0 bridgehead atoms. The monoisotopic (exact) mass is 876 g/mol. The number of alkyl halides is 16. The molecule has 58 heavy (non-hydrogen) atoms. The second-order valence-corrected chi connectivity index (χ2v) is 11.0.